The molecule has 0 aromatic heterocycles. The third-order valence-electron chi connectivity index (χ3n) is 3.86. The molecular weight excluding hydrogens is 254 g/mol. The van der Waals surface area contributed by atoms with Gasteiger partial charge in [-0.25, -0.2) is 0 Å². The SMILES string of the molecule is CCC(NC(C)C(OC)OC)c1ccc2c(c1)CCO2. The molecule has 0 spiro atoms. The Kier molecular flexibility index (Phi) is 5.40. The van der Waals surface area contributed by atoms with E-state index < -0.39 is 0 Å². The molecule has 0 aliphatic carbocycles. The minimum Gasteiger partial charge on any atom is -0.493 e. The van der Waals surface area contributed by atoms with Crippen molar-refractivity contribution in [3.8, 4) is 5.75 Å². The Balaban J connectivity index is 2.08. The van der Waals surface area contributed by atoms with Crippen LogP contribution in [-0.4, -0.2) is 33.2 Å². The van der Waals surface area contributed by atoms with Crippen molar-refractivity contribution in [2.24, 2.45) is 0 Å². The Labute approximate surface area is 121 Å². The van der Waals surface area contributed by atoms with E-state index in [0.717, 1.165) is 25.2 Å². The van der Waals surface area contributed by atoms with Crippen molar-refractivity contribution in [3.63, 3.8) is 0 Å². The van der Waals surface area contributed by atoms with Gasteiger partial charge in [0.05, 0.1) is 12.6 Å². The van der Waals surface area contributed by atoms with Crippen LogP contribution in [0.3, 0.4) is 0 Å². The summed E-state index contributed by atoms with van der Waals surface area (Å²) in [6.45, 7) is 5.06. The van der Waals surface area contributed by atoms with Crippen molar-refractivity contribution < 1.29 is 14.2 Å². The van der Waals surface area contributed by atoms with E-state index in [4.69, 9.17) is 14.2 Å². The van der Waals surface area contributed by atoms with Crippen LogP contribution in [0, 0.1) is 0 Å². The van der Waals surface area contributed by atoms with Gasteiger partial charge in [0.1, 0.15) is 5.75 Å². The third kappa shape index (κ3) is 3.32. The van der Waals surface area contributed by atoms with E-state index in [-0.39, 0.29) is 12.3 Å². The highest BCUT2D eigenvalue weighted by Crippen LogP contribution is 2.29. The summed E-state index contributed by atoms with van der Waals surface area (Å²) in [5, 5.41) is 3.59. The van der Waals surface area contributed by atoms with Crippen LogP contribution in [-0.2, 0) is 15.9 Å². The van der Waals surface area contributed by atoms with E-state index in [1.165, 1.54) is 11.1 Å². The van der Waals surface area contributed by atoms with Gasteiger partial charge in [-0.2, -0.15) is 0 Å². The second kappa shape index (κ2) is 7.07. The summed E-state index contributed by atoms with van der Waals surface area (Å²) in [4.78, 5) is 0. The molecular formula is C16H25NO3. The standard InChI is InChI=1S/C16H25NO3/c1-5-14(17-11(2)16(18-3)19-4)12-6-7-15-13(10-12)8-9-20-15/h6-7,10-11,14,16-17H,5,8-9H2,1-4H3. The van der Waals surface area contributed by atoms with Crippen LogP contribution < -0.4 is 10.1 Å². The molecule has 4 heteroatoms. The highest BCUT2D eigenvalue weighted by atomic mass is 16.7. The molecule has 0 bridgehead atoms. The number of nitrogens with one attached hydrogen (secondary N) is 1. The number of fused-ring (bicyclic) bond motifs is 1. The Morgan fingerprint density at radius 3 is 2.70 bits per heavy atom. The topological polar surface area (TPSA) is 39.7 Å². The number of methoxy groups -OCH3 is 2. The predicted molar refractivity (Wildman–Crippen MR) is 79.1 cm³/mol. The maximum atomic E-state index is 5.56. The number of hydrogen-bond acceptors (Lipinski definition) is 4. The molecule has 2 rings (SSSR count). The Bertz CT molecular complexity index is 432. The lowest BCUT2D eigenvalue weighted by atomic mass is 10.00. The number of ether oxygens (including phenoxy) is 3. The van der Waals surface area contributed by atoms with Gasteiger partial charge in [-0.05, 0) is 30.5 Å². The second-order valence-corrected chi connectivity index (χ2v) is 5.22. The van der Waals surface area contributed by atoms with Crippen LogP contribution in [0.5, 0.6) is 5.75 Å². The van der Waals surface area contributed by atoms with E-state index in [9.17, 15) is 0 Å². The Morgan fingerprint density at radius 1 is 1.30 bits per heavy atom. The molecule has 0 saturated heterocycles. The zero-order valence-corrected chi connectivity index (χ0v) is 12.8. The van der Waals surface area contributed by atoms with Crippen molar-refractivity contribution in [2.75, 3.05) is 20.8 Å². The molecule has 20 heavy (non-hydrogen) atoms. The molecule has 2 unspecified atom stereocenters. The van der Waals surface area contributed by atoms with Gasteiger partial charge in [0.2, 0.25) is 0 Å². The lowest BCUT2D eigenvalue weighted by Gasteiger charge is -2.27. The van der Waals surface area contributed by atoms with Crippen molar-refractivity contribution in [1.82, 2.24) is 5.32 Å². The summed E-state index contributed by atoms with van der Waals surface area (Å²) in [7, 11) is 3.33. The summed E-state index contributed by atoms with van der Waals surface area (Å²) < 4.78 is 16.2. The summed E-state index contributed by atoms with van der Waals surface area (Å²) in [6.07, 6.45) is 1.79. The van der Waals surface area contributed by atoms with Crippen molar-refractivity contribution in [1.29, 1.82) is 0 Å². The van der Waals surface area contributed by atoms with Gasteiger partial charge in [-0.3, -0.25) is 0 Å². The maximum absolute atomic E-state index is 5.56. The highest BCUT2D eigenvalue weighted by Gasteiger charge is 2.21. The molecule has 0 radical (unpaired) electrons. The van der Waals surface area contributed by atoms with Crippen molar-refractivity contribution in [3.05, 3.63) is 29.3 Å². The zero-order chi connectivity index (χ0) is 14.5. The predicted octanol–water partition coefficient (Wildman–Crippen LogP) is 2.67. The minimum atomic E-state index is -0.234. The minimum absolute atomic E-state index is 0.124. The molecule has 0 fully saturated rings. The molecule has 1 N–H and O–H groups in total. The fraction of sp³-hybridized carbons (Fsp3) is 0.625. The number of hydrogen-bond donors (Lipinski definition) is 1. The molecule has 1 aliphatic rings. The van der Waals surface area contributed by atoms with Crippen LogP contribution in [0.4, 0.5) is 0 Å². The number of rotatable bonds is 7. The van der Waals surface area contributed by atoms with E-state index >= 15 is 0 Å². The lowest BCUT2D eigenvalue weighted by Crippen LogP contribution is -2.41. The highest BCUT2D eigenvalue weighted by molar-refractivity contribution is 5.40. The van der Waals surface area contributed by atoms with E-state index in [1.807, 2.05) is 0 Å². The first kappa shape index (κ1) is 15.3. The first-order valence-electron chi connectivity index (χ1n) is 7.26. The lowest BCUT2D eigenvalue weighted by molar-refractivity contribution is -0.121. The van der Waals surface area contributed by atoms with Crippen LogP contribution in [0.15, 0.2) is 18.2 Å². The summed E-state index contributed by atoms with van der Waals surface area (Å²) in [5.41, 5.74) is 2.61. The smallest absolute Gasteiger partial charge is 0.171 e. The fourth-order valence-electron chi connectivity index (χ4n) is 2.77. The molecule has 2 atom stereocenters. The third-order valence-corrected chi connectivity index (χ3v) is 3.86. The van der Waals surface area contributed by atoms with Crippen molar-refractivity contribution in [2.45, 2.75) is 45.1 Å². The average Bonchev–Trinajstić information content (AvgIpc) is 2.93. The van der Waals surface area contributed by atoms with Gasteiger partial charge in [-0.1, -0.05) is 19.1 Å². The first-order valence-corrected chi connectivity index (χ1v) is 7.26. The fourth-order valence-corrected chi connectivity index (χ4v) is 2.77. The van der Waals surface area contributed by atoms with Crippen LogP contribution >= 0.6 is 0 Å². The Hall–Kier alpha value is -1.10. The molecule has 112 valence electrons. The van der Waals surface area contributed by atoms with Gasteiger partial charge in [0, 0.05) is 26.7 Å². The molecule has 1 heterocycles. The molecule has 1 aliphatic heterocycles. The van der Waals surface area contributed by atoms with Gasteiger partial charge >= 0.3 is 0 Å². The van der Waals surface area contributed by atoms with Crippen LogP contribution in [0.2, 0.25) is 0 Å². The first-order chi connectivity index (χ1) is 9.69. The average molecular weight is 279 g/mol. The normalized spacial score (nSPS) is 16.9. The van der Waals surface area contributed by atoms with Crippen LogP contribution in [0.1, 0.15) is 37.4 Å². The maximum Gasteiger partial charge on any atom is 0.171 e. The largest absolute Gasteiger partial charge is 0.493 e. The van der Waals surface area contributed by atoms with E-state index in [0.29, 0.717) is 6.04 Å². The summed E-state index contributed by atoms with van der Waals surface area (Å²) >= 11 is 0. The molecule has 0 saturated carbocycles. The summed E-state index contributed by atoms with van der Waals surface area (Å²) in [5.74, 6) is 1.03. The Morgan fingerprint density at radius 2 is 2.05 bits per heavy atom. The van der Waals surface area contributed by atoms with E-state index in [2.05, 4.69) is 37.4 Å². The van der Waals surface area contributed by atoms with E-state index in [1.54, 1.807) is 14.2 Å². The molecule has 1 aromatic carbocycles. The zero-order valence-electron chi connectivity index (χ0n) is 12.8. The van der Waals surface area contributed by atoms with Crippen molar-refractivity contribution >= 4 is 0 Å². The second-order valence-electron chi connectivity index (χ2n) is 5.22. The van der Waals surface area contributed by atoms with Gasteiger partial charge in [0.15, 0.2) is 6.29 Å². The van der Waals surface area contributed by atoms with Gasteiger partial charge in [-0.15, -0.1) is 0 Å². The summed E-state index contributed by atoms with van der Waals surface area (Å²) in [6, 6.07) is 6.90. The molecule has 4 nitrogen and oxygen atoms in total. The number of benzene rings is 1. The monoisotopic (exact) mass is 279 g/mol. The van der Waals surface area contributed by atoms with Gasteiger partial charge in [0.25, 0.3) is 0 Å². The van der Waals surface area contributed by atoms with Crippen LogP contribution in [0.25, 0.3) is 0 Å². The van der Waals surface area contributed by atoms with Gasteiger partial charge < -0.3 is 19.5 Å². The molecule has 1 aromatic rings. The quantitative estimate of drug-likeness (QED) is 0.779. The molecule has 0 amide bonds.